The summed E-state index contributed by atoms with van der Waals surface area (Å²) in [6, 6.07) is 4.76. The van der Waals surface area contributed by atoms with Gasteiger partial charge in [0.1, 0.15) is 5.82 Å². The first kappa shape index (κ1) is 14.2. The molecule has 0 amide bonds. The molecule has 98 valence electrons. The van der Waals surface area contributed by atoms with Gasteiger partial charge in [0.25, 0.3) is 0 Å². The molecule has 0 aliphatic rings. The number of hydrogen-bond donors (Lipinski definition) is 1. The lowest BCUT2D eigenvalue weighted by Crippen LogP contribution is -2.24. The molecule has 0 saturated carbocycles. The minimum Gasteiger partial charge on any atom is -0.478 e. The van der Waals surface area contributed by atoms with Gasteiger partial charge in [-0.25, -0.2) is 9.18 Å². The Morgan fingerprint density at radius 1 is 1.44 bits per heavy atom. The van der Waals surface area contributed by atoms with Crippen molar-refractivity contribution in [2.24, 2.45) is 0 Å². The van der Waals surface area contributed by atoms with Gasteiger partial charge in [0.15, 0.2) is 0 Å². The van der Waals surface area contributed by atoms with Crippen LogP contribution in [0.4, 0.5) is 10.1 Å². The van der Waals surface area contributed by atoms with Gasteiger partial charge in [0.2, 0.25) is 0 Å². The lowest BCUT2D eigenvalue weighted by atomic mass is 10.1. The van der Waals surface area contributed by atoms with Crippen molar-refractivity contribution in [1.82, 2.24) is 0 Å². The average Bonchev–Trinajstić information content (AvgIpc) is 2.34. The Morgan fingerprint density at radius 3 is 2.67 bits per heavy atom. The van der Waals surface area contributed by atoms with Gasteiger partial charge in [-0.2, -0.15) is 0 Å². The Hall–Kier alpha value is -1.84. The predicted octanol–water partition coefficient (Wildman–Crippen LogP) is 3.16. The third-order valence-electron chi connectivity index (χ3n) is 2.61. The molecular weight excluding hydrogens is 233 g/mol. The number of anilines is 1. The molecule has 0 radical (unpaired) electrons. The van der Waals surface area contributed by atoms with Crippen molar-refractivity contribution in [3.8, 4) is 0 Å². The number of carbonyl (C=O) groups is 1. The number of carboxylic acids is 1. The minimum atomic E-state index is -1.04. The van der Waals surface area contributed by atoms with Crippen molar-refractivity contribution in [3.63, 3.8) is 0 Å². The van der Waals surface area contributed by atoms with Gasteiger partial charge in [0.05, 0.1) is 5.69 Å². The molecule has 0 saturated heterocycles. The van der Waals surface area contributed by atoms with Gasteiger partial charge in [-0.1, -0.05) is 13.0 Å². The van der Waals surface area contributed by atoms with Crippen molar-refractivity contribution in [2.75, 3.05) is 18.0 Å². The fraction of sp³-hybridized carbons (Fsp3) is 0.357. The predicted molar refractivity (Wildman–Crippen MR) is 71.2 cm³/mol. The Bertz CT molecular complexity index is 443. The summed E-state index contributed by atoms with van der Waals surface area (Å²) >= 11 is 0. The first-order chi connectivity index (χ1) is 8.58. The van der Waals surface area contributed by atoms with E-state index < -0.39 is 5.97 Å². The van der Waals surface area contributed by atoms with Crippen LogP contribution in [0.5, 0.6) is 0 Å². The smallest absolute Gasteiger partial charge is 0.328 e. The highest BCUT2D eigenvalue weighted by Gasteiger charge is 2.09. The molecule has 0 bridgehead atoms. The highest BCUT2D eigenvalue weighted by Crippen LogP contribution is 2.21. The maximum Gasteiger partial charge on any atom is 0.328 e. The van der Waals surface area contributed by atoms with Gasteiger partial charge in [-0.3, -0.25) is 0 Å². The van der Waals surface area contributed by atoms with E-state index in [1.807, 2.05) is 18.7 Å². The quantitative estimate of drug-likeness (QED) is 0.789. The Balaban J connectivity index is 2.94. The topological polar surface area (TPSA) is 40.5 Å². The summed E-state index contributed by atoms with van der Waals surface area (Å²) in [5.41, 5.74) is 1.11. The standard InChI is InChI=1S/C14H18FNO2/c1-3-9-16(4-2)13-7-5-11(10-12(13)15)6-8-14(17)18/h5-8,10H,3-4,9H2,1-2H3,(H,17,18)/b8-6+. The molecule has 0 heterocycles. The van der Waals surface area contributed by atoms with Crippen molar-refractivity contribution in [3.05, 3.63) is 35.7 Å². The van der Waals surface area contributed by atoms with Crippen LogP contribution < -0.4 is 4.90 Å². The minimum absolute atomic E-state index is 0.321. The number of carboxylic acid groups (broad SMARTS) is 1. The second kappa shape index (κ2) is 6.79. The summed E-state index contributed by atoms with van der Waals surface area (Å²) in [4.78, 5) is 12.3. The number of aliphatic carboxylic acids is 1. The molecule has 0 fully saturated rings. The van der Waals surface area contributed by atoms with Gasteiger partial charge in [-0.15, -0.1) is 0 Å². The van der Waals surface area contributed by atoms with E-state index in [1.54, 1.807) is 12.1 Å². The normalized spacial score (nSPS) is 10.8. The summed E-state index contributed by atoms with van der Waals surface area (Å²) in [6.07, 6.45) is 3.33. The number of nitrogens with zero attached hydrogens (tertiary/aromatic N) is 1. The van der Waals surface area contributed by atoms with E-state index in [4.69, 9.17) is 5.11 Å². The maximum atomic E-state index is 13.9. The molecule has 0 aromatic heterocycles. The van der Waals surface area contributed by atoms with Crippen molar-refractivity contribution in [2.45, 2.75) is 20.3 Å². The summed E-state index contributed by atoms with van der Waals surface area (Å²) in [5, 5.41) is 8.51. The third kappa shape index (κ3) is 3.87. The van der Waals surface area contributed by atoms with Crippen molar-refractivity contribution >= 4 is 17.7 Å². The zero-order valence-electron chi connectivity index (χ0n) is 10.7. The van der Waals surface area contributed by atoms with Gasteiger partial charge >= 0.3 is 5.97 Å². The van der Waals surface area contributed by atoms with Gasteiger partial charge < -0.3 is 10.0 Å². The van der Waals surface area contributed by atoms with E-state index >= 15 is 0 Å². The van der Waals surface area contributed by atoms with Crippen LogP contribution in [-0.2, 0) is 4.79 Å². The molecule has 1 N–H and O–H groups in total. The highest BCUT2D eigenvalue weighted by molar-refractivity contribution is 5.85. The first-order valence-corrected chi connectivity index (χ1v) is 6.04. The summed E-state index contributed by atoms with van der Waals surface area (Å²) < 4.78 is 13.9. The van der Waals surface area contributed by atoms with Crippen LogP contribution >= 0.6 is 0 Å². The van der Waals surface area contributed by atoms with Crippen LogP contribution in [0.2, 0.25) is 0 Å². The molecule has 3 nitrogen and oxygen atoms in total. The van der Waals surface area contributed by atoms with Crippen LogP contribution in [0.3, 0.4) is 0 Å². The Morgan fingerprint density at radius 2 is 2.17 bits per heavy atom. The Kier molecular flexibility index (Phi) is 5.36. The second-order valence-electron chi connectivity index (χ2n) is 3.96. The van der Waals surface area contributed by atoms with E-state index in [9.17, 15) is 9.18 Å². The van der Waals surface area contributed by atoms with E-state index in [0.717, 1.165) is 25.6 Å². The number of halogens is 1. The summed E-state index contributed by atoms with van der Waals surface area (Å²) in [6.45, 7) is 5.57. The number of benzene rings is 1. The summed E-state index contributed by atoms with van der Waals surface area (Å²) in [7, 11) is 0. The zero-order valence-corrected chi connectivity index (χ0v) is 10.7. The lowest BCUT2D eigenvalue weighted by Gasteiger charge is -2.23. The monoisotopic (exact) mass is 251 g/mol. The average molecular weight is 251 g/mol. The third-order valence-corrected chi connectivity index (χ3v) is 2.61. The molecule has 0 aliphatic heterocycles. The van der Waals surface area contributed by atoms with E-state index in [0.29, 0.717) is 11.3 Å². The fourth-order valence-corrected chi connectivity index (χ4v) is 1.77. The SMILES string of the molecule is CCCN(CC)c1ccc(/C=C/C(=O)O)cc1F. The number of rotatable bonds is 6. The first-order valence-electron chi connectivity index (χ1n) is 6.04. The van der Waals surface area contributed by atoms with E-state index in [2.05, 4.69) is 0 Å². The van der Waals surface area contributed by atoms with Crippen LogP contribution in [-0.4, -0.2) is 24.2 Å². The van der Waals surface area contributed by atoms with E-state index in [1.165, 1.54) is 12.1 Å². The largest absolute Gasteiger partial charge is 0.478 e. The van der Waals surface area contributed by atoms with Crippen LogP contribution in [0, 0.1) is 5.82 Å². The van der Waals surface area contributed by atoms with Crippen LogP contribution in [0.25, 0.3) is 6.08 Å². The lowest BCUT2D eigenvalue weighted by molar-refractivity contribution is -0.131. The van der Waals surface area contributed by atoms with Crippen molar-refractivity contribution in [1.29, 1.82) is 0 Å². The highest BCUT2D eigenvalue weighted by atomic mass is 19.1. The van der Waals surface area contributed by atoms with Crippen LogP contribution in [0.15, 0.2) is 24.3 Å². The molecule has 1 aromatic rings. The molecule has 4 heteroatoms. The van der Waals surface area contributed by atoms with Gasteiger partial charge in [-0.05, 0) is 37.1 Å². The molecule has 0 spiro atoms. The van der Waals surface area contributed by atoms with Crippen LogP contribution in [0.1, 0.15) is 25.8 Å². The zero-order chi connectivity index (χ0) is 13.5. The van der Waals surface area contributed by atoms with Crippen molar-refractivity contribution < 1.29 is 14.3 Å². The molecule has 0 atom stereocenters. The molecule has 1 aromatic carbocycles. The molecule has 0 aliphatic carbocycles. The van der Waals surface area contributed by atoms with Gasteiger partial charge in [0, 0.05) is 19.2 Å². The fourth-order valence-electron chi connectivity index (χ4n) is 1.77. The Labute approximate surface area is 107 Å². The molecule has 1 rings (SSSR count). The van der Waals surface area contributed by atoms with E-state index in [-0.39, 0.29) is 5.82 Å². The molecular formula is C14H18FNO2. The molecule has 18 heavy (non-hydrogen) atoms. The maximum absolute atomic E-state index is 13.9. The number of hydrogen-bond acceptors (Lipinski definition) is 2. The second-order valence-corrected chi connectivity index (χ2v) is 3.96. The summed E-state index contributed by atoms with van der Waals surface area (Å²) in [5.74, 6) is -1.36. The molecule has 0 unspecified atom stereocenters.